The monoisotopic (exact) mass is 191 g/mol. The van der Waals surface area contributed by atoms with Crippen molar-refractivity contribution in [3.8, 4) is 11.3 Å². The van der Waals surface area contributed by atoms with Gasteiger partial charge in [0.05, 0.1) is 18.1 Å². The second-order valence-electron chi connectivity index (χ2n) is 2.55. The van der Waals surface area contributed by atoms with Crippen LogP contribution in [0.5, 0.6) is 0 Å². The smallest absolute Gasteiger partial charge is 0.144 e. The van der Waals surface area contributed by atoms with E-state index in [-0.39, 0.29) is 0 Å². The van der Waals surface area contributed by atoms with Crippen molar-refractivity contribution in [3.05, 3.63) is 29.2 Å². The first kappa shape index (κ1) is 8.19. The molecular weight excluding hydrogens is 182 g/mol. The summed E-state index contributed by atoms with van der Waals surface area (Å²) in [6.07, 6.45) is 3.50. The first-order valence-corrected chi connectivity index (χ1v) is 4.87. The summed E-state index contributed by atoms with van der Waals surface area (Å²) in [4.78, 5) is 8.46. The predicted molar refractivity (Wildman–Crippen MR) is 54.9 cm³/mol. The van der Waals surface area contributed by atoms with Crippen LogP contribution in [0.3, 0.4) is 0 Å². The van der Waals surface area contributed by atoms with E-state index in [9.17, 15) is 0 Å². The third-order valence-electron chi connectivity index (χ3n) is 1.72. The summed E-state index contributed by atoms with van der Waals surface area (Å²) in [5, 5.41) is 7.02. The maximum absolute atomic E-state index is 4.27. The van der Waals surface area contributed by atoms with Crippen LogP contribution >= 0.6 is 11.3 Å². The molecule has 0 aliphatic rings. The molecule has 0 fully saturated rings. The third-order valence-corrected chi connectivity index (χ3v) is 2.41. The summed E-state index contributed by atoms with van der Waals surface area (Å²) in [6.45, 7) is 0. The molecule has 2 aromatic rings. The molecule has 2 heterocycles. The van der Waals surface area contributed by atoms with Crippen LogP contribution in [0.4, 0.5) is 5.82 Å². The summed E-state index contributed by atoms with van der Waals surface area (Å²) >= 11 is 1.66. The second kappa shape index (κ2) is 3.53. The SMILES string of the molecule is CNc1cnc(-c2ccsc2)cn1. The normalized spacial score (nSPS) is 9.92. The Morgan fingerprint density at radius 1 is 1.31 bits per heavy atom. The summed E-state index contributed by atoms with van der Waals surface area (Å²) in [5.74, 6) is 0.791. The number of nitrogens with one attached hydrogen (secondary N) is 1. The predicted octanol–water partition coefficient (Wildman–Crippen LogP) is 2.25. The van der Waals surface area contributed by atoms with Crippen molar-refractivity contribution < 1.29 is 0 Å². The minimum atomic E-state index is 0.791. The molecule has 0 aliphatic heterocycles. The largest absolute Gasteiger partial charge is 0.372 e. The van der Waals surface area contributed by atoms with E-state index in [1.165, 1.54) is 0 Å². The molecule has 0 unspecified atom stereocenters. The lowest BCUT2D eigenvalue weighted by molar-refractivity contribution is 1.19. The van der Waals surface area contributed by atoms with E-state index in [1.807, 2.05) is 18.5 Å². The molecule has 0 bridgehead atoms. The highest BCUT2D eigenvalue weighted by Gasteiger charge is 1.99. The number of rotatable bonds is 2. The molecule has 66 valence electrons. The van der Waals surface area contributed by atoms with E-state index < -0.39 is 0 Å². The van der Waals surface area contributed by atoms with Crippen molar-refractivity contribution >= 4 is 17.2 Å². The minimum Gasteiger partial charge on any atom is -0.372 e. The molecule has 3 nitrogen and oxygen atoms in total. The van der Waals surface area contributed by atoms with E-state index >= 15 is 0 Å². The molecule has 0 spiro atoms. The van der Waals surface area contributed by atoms with E-state index in [4.69, 9.17) is 0 Å². The second-order valence-corrected chi connectivity index (χ2v) is 3.33. The highest BCUT2D eigenvalue weighted by atomic mass is 32.1. The molecule has 2 rings (SSSR count). The van der Waals surface area contributed by atoms with Crippen molar-refractivity contribution in [1.82, 2.24) is 9.97 Å². The Kier molecular flexibility index (Phi) is 2.23. The van der Waals surface area contributed by atoms with E-state index in [1.54, 1.807) is 23.7 Å². The number of aromatic nitrogens is 2. The van der Waals surface area contributed by atoms with Crippen LogP contribution in [-0.2, 0) is 0 Å². The zero-order valence-corrected chi connectivity index (χ0v) is 8.01. The van der Waals surface area contributed by atoms with Gasteiger partial charge in [0.25, 0.3) is 0 Å². The van der Waals surface area contributed by atoms with Crippen LogP contribution in [0.2, 0.25) is 0 Å². The lowest BCUT2D eigenvalue weighted by Gasteiger charge is -1.99. The molecule has 4 heteroatoms. The van der Waals surface area contributed by atoms with Gasteiger partial charge in [0.15, 0.2) is 0 Å². The van der Waals surface area contributed by atoms with Gasteiger partial charge in [-0.1, -0.05) is 0 Å². The van der Waals surface area contributed by atoms with Crippen LogP contribution in [0, 0.1) is 0 Å². The van der Waals surface area contributed by atoms with Crippen molar-refractivity contribution in [2.24, 2.45) is 0 Å². The molecule has 0 aliphatic carbocycles. The summed E-state index contributed by atoms with van der Waals surface area (Å²) in [6, 6.07) is 2.04. The van der Waals surface area contributed by atoms with Crippen LogP contribution in [0.1, 0.15) is 0 Å². The Morgan fingerprint density at radius 3 is 2.77 bits per heavy atom. The first-order chi connectivity index (χ1) is 6.40. The van der Waals surface area contributed by atoms with Crippen molar-refractivity contribution in [2.75, 3.05) is 12.4 Å². The molecule has 0 radical (unpaired) electrons. The standard InChI is InChI=1S/C9H9N3S/c1-10-9-5-11-8(4-12-9)7-2-3-13-6-7/h2-6H,1H3,(H,10,12). The topological polar surface area (TPSA) is 37.8 Å². The fourth-order valence-corrected chi connectivity index (χ4v) is 1.67. The summed E-state index contributed by atoms with van der Waals surface area (Å²) < 4.78 is 0. The zero-order chi connectivity index (χ0) is 9.10. The Bertz CT molecular complexity index is 366. The van der Waals surface area contributed by atoms with Gasteiger partial charge in [-0.15, -0.1) is 0 Å². The van der Waals surface area contributed by atoms with E-state index in [0.717, 1.165) is 17.1 Å². The van der Waals surface area contributed by atoms with Gasteiger partial charge in [-0.3, -0.25) is 4.98 Å². The van der Waals surface area contributed by atoms with Crippen LogP contribution in [-0.4, -0.2) is 17.0 Å². The molecule has 0 aromatic carbocycles. The van der Waals surface area contributed by atoms with Gasteiger partial charge in [-0.05, 0) is 11.4 Å². The first-order valence-electron chi connectivity index (χ1n) is 3.92. The highest BCUT2D eigenvalue weighted by molar-refractivity contribution is 7.08. The van der Waals surface area contributed by atoms with Gasteiger partial charge in [0.2, 0.25) is 0 Å². The molecule has 13 heavy (non-hydrogen) atoms. The van der Waals surface area contributed by atoms with Gasteiger partial charge >= 0.3 is 0 Å². The molecule has 0 atom stereocenters. The van der Waals surface area contributed by atoms with Crippen molar-refractivity contribution in [1.29, 1.82) is 0 Å². The third kappa shape index (κ3) is 1.67. The quantitative estimate of drug-likeness (QED) is 0.791. The van der Waals surface area contributed by atoms with Crippen LogP contribution in [0.25, 0.3) is 11.3 Å². The Balaban J connectivity index is 2.33. The fraction of sp³-hybridized carbons (Fsp3) is 0.111. The molecular formula is C9H9N3S. The Hall–Kier alpha value is -1.42. The number of hydrogen-bond donors (Lipinski definition) is 1. The van der Waals surface area contributed by atoms with Gasteiger partial charge < -0.3 is 5.32 Å². The van der Waals surface area contributed by atoms with Crippen LogP contribution < -0.4 is 5.32 Å². The average Bonchev–Trinajstić information content (AvgIpc) is 2.71. The number of anilines is 1. The summed E-state index contributed by atoms with van der Waals surface area (Å²) in [5.41, 5.74) is 2.04. The maximum Gasteiger partial charge on any atom is 0.144 e. The summed E-state index contributed by atoms with van der Waals surface area (Å²) in [7, 11) is 1.83. The lowest BCUT2D eigenvalue weighted by atomic mass is 10.2. The number of hydrogen-bond acceptors (Lipinski definition) is 4. The van der Waals surface area contributed by atoms with Crippen LogP contribution in [0.15, 0.2) is 29.2 Å². The zero-order valence-electron chi connectivity index (χ0n) is 7.19. The van der Waals surface area contributed by atoms with Gasteiger partial charge in [0, 0.05) is 18.0 Å². The fourth-order valence-electron chi connectivity index (χ4n) is 1.02. The molecule has 2 aromatic heterocycles. The Morgan fingerprint density at radius 2 is 2.23 bits per heavy atom. The maximum atomic E-state index is 4.27. The molecule has 0 amide bonds. The highest BCUT2D eigenvalue weighted by Crippen LogP contribution is 2.19. The van der Waals surface area contributed by atoms with Crippen molar-refractivity contribution in [2.45, 2.75) is 0 Å². The molecule has 1 N–H and O–H groups in total. The number of thiophene rings is 1. The lowest BCUT2D eigenvalue weighted by Crippen LogP contribution is -1.93. The van der Waals surface area contributed by atoms with E-state index in [0.29, 0.717) is 0 Å². The minimum absolute atomic E-state index is 0.791. The Labute approximate surface area is 80.5 Å². The van der Waals surface area contributed by atoms with E-state index in [2.05, 4.69) is 20.7 Å². The molecule has 0 saturated heterocycles. The average molecular weight is 191 g/mol. The van der Waals surface area contributed by atoms with Gasteiger partial charge in [-0.2, -0.15) is 11.3 Å². The van der Waals surface area contributed by atoms with Gasteiger partial charge in [0.1, 0.15) is 5.82 Å². The van der Waals surface area contributed by atoms with Gasteiger partial charge in [-0.25, -0.2) is 4.98 Å². The molecule has 0 saturated carbocycles. The van der Waals surface area contributed by atoms with Crippen molar-refractivity contribution in [3.63, 3.8) is 0 Å². The number of nitrogens with zero attached hydrogens (tertiary/aromatic N) is 2.